The molecule has 0 unspecified atom stereocenters. The summed E-state index contributed by atoms with van der Waals surface area (Å²) in [6, 6.07) is 10.9. The molecule has 7 nitrogen and oxygen atoms in total. The number of hydrogen-bond donors (Lipinski definition) is 0. The predicted octanol–water partition coefficient (Wildman–Crippen LogP) is 3.75. The van der Waals surface area contributed by atoms with Gasteiger partial charge in [0, 0.05) is 67.7 Å². The maximum atomic E-state index is 14.2. The number of aromatic nitrogens is 4. The van der Waals surface area contributed by atoms with Gasteiger partial charge in [0.15, 0.2) is 5.82 Å². The van der Waals surface area contributed by atoms with E-state index < -0.39 is 0 Å². The third-order valence-corrected chi connectivity index (χ3v) is 6.57. The quantitative estimate of drug-likeness (QED) is 0.474. The molecule has 162 valence electrons. The van der Waals surface area contributed by atoms with E-state index in [9.17, 15) is 9.18 Å². The zero-order valence-corrected chi connectivity index (χ0v) is 18.3. The summed E-state index contributed by atoms with van der Waals surface area (Å²) in [5, 5.41) is 4.70. The Balaban J connectivity index is 1.41. The van der Waals surface area contributed by atoms with Gasteiger partial charge < -0.3 is 9.80 Å². The van der Waals surface area contributed by atoms with Crippen LogP contribution in [0, 0.1) is 5.82 Å². The van der Waals surface area contributed by atoms with E-state index in [0.717, 1.165) is 40.4 Å². The number of carbonyl (C=O) groups excluding carboxylic acids is 1. The van der Waals surface area contributed by atoms with Crippen LogP contribution in [0.1, 0.15) is 6.92 Å². The van der Waals surface area contributed by atoms with Gasteiger partial charge >= 0.3 is 0 Å². The van der Waals surface area contributed by atoms with Gasteiger partial charge in [0.05, 0.1) is 11.7 Å². The fraction of sp³-hybridized carbons (Fsp3) is 0.217. The number of rotatable bonds is 4. The van der Waals surface area contributed by atoms with E-state index in [0.29, 0.717) is 18.1 Å². The molecule has 0 aromatic carbocycles. The standard InChI is InChI=1S/C23H21FN6OS/c1-16(31)28-9-11-29(12-10-28)22-5-4-17(14-26-22)18-13-21(20-6-8-27-30(20)15-18)32-23-19(24)3-2-7-25-23/h2-8,13-15H,9-12H2,1H3. The highest BCUT2D eigenvalue weighted by atomic mass is 32.2. The zero-order valence-electron chi connectivity index (χ0n) is 17.5. The van der Waals surface area contributed by atoms with Crippen molar-refractivity contribution in [2.24, 2.45) is 0 Å². The van der Waals surface area contributed by atoms with Crippen LogP contribution in [0.5, 0.6) is 0 Å². The summed E-state index contributed by atoms with van der Waals surface area (Å²) in [6.07, 6.45) is 7.09. The maximum absolute atomic E-state index is 14.2. The summed E-state index contributed by atoms with van der Waals surface area (Å²) in [4.78, 5) is 25.3. The molecular formula is C23H21FN6OS. The molecule has 32 heavy (non-hydrogen) atoms. The van der Waals surface area contributed by atoms with Gasteiger partial charge in [-0.1, -0.05) is 11.8 Å². The van der Waals surface area contributed by atoms with Gasteiger partial charge in [-0.15, -0.1) is 0 Å². The Labute approximate surface area is 188 Å². The second-order valence-corrected chi connectivity index (χ2v) is 8.58. The van der Waals surface area contributed by atoms with Gasteiger partial charge in [0.2, 0.25) is 5.91 Å². The molecule has 1 amide bonds. The number of fused-ring (bicyclic) bond motifs is 1. The fourth-order valence-corrected chi connectivity index (χ4v) is 4.72. The molecule has 0 N–H and O–H groups in total. The first-order valence-electron chi connectivity index (χ1n) is 10.3. The summed E-state index contributed by atoms with van der Waals surface area (Å²) in [5.74, 6) is 0.653. The van der Waals surface area contributed by atoms with E-state index in [-0.39, 0.29) is 11.7 Å². The van der Waals surface area contributed by atoms with E-state index in [1.54, 1.807) is 29.9 Å². The molecule has 0 spiro atoms. The van der Waals surface area contributed by atoms with Crippen molar-refractivity contribution in [2.75, 3.05) is 31.1 Å². The number of hydrogen-bond acceptors (Lipinski definition) is 6. The molecule has 0 radical (unpaired) electrons. The monoisotopic (exact) mass is 448 g/mol. The Kier molecular flexibility index (Phi) is 5.48. The number of amides is 1. The van der Waals surface area contributed by atoms with Crippen LogP contribution >= 0.6 is 11.8 Å². The van der Waals surface area contributed by atoms with Gasteiger partial charge in [0.1, 0.15) is 10.8 Å². The second kappa shape index (κ2) is 8.58. The largest absolute Gasteiger partial charge is 0.353 e. The van der Waals surface area contributed by atoms with Crippen molar-refractivity contribution in [3.05, 3.63) is 67.0 Å². The van der Waals surface area contributed by atoms with Gasteiger partial charge in [0.25, 0.3) is 0 Å². The number of carbonyl (C=O) groups is 1. The van der Waals surface area contributed by atoms with Crippen LogP contribution in [0.25, 0.3) is 16.6 Å². The number of piperazine rings is 1. The SMILES string of the molecule is CC(=O)N1CCN(c2ccc(-c3cc(Sc4ncccc4F)c4ccnn4c3)cn2)CC1. The molecule has 4 aromatic heterocycles. The zero-order chi connectivity index (χ0) is 22.1. The van der Waals surface area contributed by atoms with E-state index in [1.807, 2.05) is 41.6 Å². The minimum Gasteiger partial charge on any atom is -0.353 e. The lowest BCUT2D eigenvalue weighted by atomic mass is 10.1. The molecule has 4 aromatic rings. The molecule has 5 rings (SSSR count). The van der Waals surface area contributed by atoms with Crippen molar-refractivity contribution in [1.82, 2.24) is 24.5 Å². The molecular weight excluding hydrogens is 427 g/mol. The Morgan fingerprint density at radius 1 is 1.03 bits per heavy atom. The van der Waals surface area contributed by atoms with Crippen LogP contribution in [0.4, 0.5) is 10.2 Å². The topological polar surface area (TPSA) is 66.6 Å². The molecule has 0 atom stereocenters. The molecule has 1 fully saturated rings. The average molecular weight is 449 g/mol. The smallest absolute Gasteiger partial charge is 0.219 e. The molecule has 0 aliphatic carbocycles. The van der Waals surface area contributed by atoms with E-state index >= 15 is 0 Å². The first kappa shape index (κ1) is 20.4. The first-order valence-corrected chi connectivity index (χ1v) is 11.1. The summed E-state index contributed by atoms with van der Waals surface area (Å²) >= 11 is 1.28. The lowest BCUT2D eigenvalue weighted by Crippen LogP contribution is -2.48. The van der Waals surface area contributed by atoms with Crippen LogP contribution < -0.4 is 4.90 Å². The van der Waals surface area contributed by atoms with Crippen LogP contribution in [-0.4, -0.2) is 56.6 Å². The third kappa shape index (κ3) is 4.03. The van der Waals surface area contributed by atoms with Crippen LogP contribution in [0.15, 0.2) is 71.1 Å². The van der Waals surface area contributed by atoms with Crippen molar-refractivity contribution in [1.29, 1.82) is 0 Å². The van der Waals surface area contributed by atoms with Crippen molar-refractivity contribution >= 4 is 29.0 Å². The van der Waals surface area contributed by atoms with Gasteiger partial charge in [-0.25, -0.2) is 18.9 Å². The van der Waals surface area contributed by atoms with Gasteiger partial charge in [-0.05, 0) is 36.4 Å². The normalized spacial score (nSPS) is 14.2. The lowest BCUT2D eigenvalue weighted by molar-refractivity contribution is -0.129. The van der Waals surface area contributed by atoms with Crippen LogP contribution in [0.2, 0.25) is 0 Å². The highest BCUT2D eigenvalue weighted by molar-refractivity contribution is 7.99. The lowest BCUT2D eigenvalue weighted by Gasteiger charge is -2.34. The average Bonchev–Trinajstić information content (AvgIpc) is 3.30. The highest BCUT2D eigenvalue weighted by Crippen LogP contribution is 2.34. The van der Waals surface area contributed by atoms with Crippen molar-refractivity contribution in [2.45, 2.75) is 16.8 Å². The van der Waals surface area contributed by atoms with Gasteiger partial charge in [-0.3, -0.25) is 4.79 Å². The molecule has 5 heterocycles. The number of halogens is 1. The highest BCUT2D eigenvalue weighted by Gasteiger charge is 2.19. The molecule has 1 aliphatic rings. The minimum atomic E-state index is -0.351. The summed E-state index contributed by atoms with van der Waals surface area (Å²) < 4.78 is 16.0. The van der Waals surface area contributed by atoms with Gasteiger partial charge in [-0.2, -0.15) is 5.10 Å². The summed E-state index contributed by atoms with van der Waals surface area (Å²) in [7, 11) is 0. The Morgan fingerprint density at radius 3 is 2.59 bits per heavy atom. The fourth-order valence-electron chi connectivity index (χ4n) is 3.78. The third-order valence-electron chi connectivity index (χ3n) is 5.53. The molecule has 1 aliphatic heterocycles. The predicted molar refractivity (Wildman–Crippen MR) is 121 cm³/mol. The maximum Gasteiger partial charge on any atom is 0.219 e. The van der Waals surface area contributed by atoms with E-state index in [1.165, 1.54) is 17.8 Å². The van der Waals surface area contributed by atoms with E-state index in [2.05, 4.69) is 20.0 Å². The second-order valence-electron chi connectivity index (χ2n) is 7.54. The molecule has 1 saturated heterocycles. The molecule has 0 bridgehead atoms. The van der Waals surface area contributed by atoms with Crippen LogP contribution in [0.3, 0.4) is 0 Å². The molecule has 9 heteroatoms. The summed E-state index contributed by atoms with van der Waals surface area (Å²) in [5.41, 5.74) is 2.76. The molecule has 0 saturated carbocycles. The minimum absolute atomic E-state index is 0.112. The Hall–Kier alpha value is -3.46. The number of anilines is 1. The Morgan fingerprint density at radius 2 is 1.88 bits per heavy atom. The summed E-state index contributed by atoms with van der Waals surface area (Å²) in [6.45, 7) is 4.55. The number of pyridine rings is 3. The Bertz CT molecular complexity index is 1270. The van der Waals surface area contributed by atoms with Crippen LogP contribution in [-0.2, 0) is 4.79 Å². The number of nitrogens with zero attached hydrogens (tertiary/aromatic N) is 6. The van der Waals surface area contributed by atoms with Crippen molar-refractivity contribution in [3.63, 3.8) is 0 Å². The van der Waals surface area contributed by atoms with Crippen molar-refractivity contribution in [3.8, 4) is 11.1 Å². The van der Waals surface area contributed by atoms with Crippen molar-refractivity contribution < 1.29 is 9.18 Å². The van der Waals surface area contributed by atoms with E-state index in [4.69, 9.17) is 0 Å². The first-order chi connectivity index (χ1) is 15.6.